The van der Waals surface area contributed by atoms with Gasteiger partial charge in [0.1, 0.15) is 13.2 Å². The first-order valence-corrected chi connectivity index (χ1v) is 5.42. The van der Waals surface area contributed by atoms with Crippen molar-refractivity contribution in [1.29, 1.82) is 0 Å². The molecule has 102 valence electrons. The van der Waals surface area contributed by atoms with Gasteiger partial charge in [-0.1, -0.05) is 0 Å². The summed E-state index contributed by atoms with van der Waals surface area (Å²) < 4.78 is 39.7. The lowest BCUT2D eigenvalue weighted by atomic mass is 10.3. The van der Waals surface area contributed by atoms with Crippen molar-refractivity contribution in [2.24, 2.45) is 5.73 Å². The van der Waals surface area contributed by atoms with E-state index in [-0.39, 0.29) is 6.04 Å². The van der Waals surface area contributed by atoms with Gasteiger partial charge in [-0.15, -0.1) is 0 Å². The molecule has 0 saturated carbocycles. The molecule has 0 aromatic heterocycles. The molecule has 17 heavy (non-hydrogen) atoms. The number of hydrogen-bond donors (Lipinski definition) is 1. The lowest BCUT2D eigenvalue weighted by Crippen LogP contribution is -2.41. The highest BCUT2D eigenvalue weighted by atomic mass is 19.4. The molecule has 0 aromatic rings. The Morgan fingerprint density at radius 1 is 1.41 bits per heavy atom. The zero-order chi connectivity index (χ0) is 13.5. The topological polar surface area (TPSA) is 55.6 Å². The minimum atomic E-state index is -4.40. The van der Waals surface area contributed by atoms with Crippen LogP contribution in [0.3, 0.4) is 0 Å². The van der Waals surface area contributed by atoms with E-state index in [2.05, 4.69) is 4.74 Å². The van der Waals surface area contributed by atoms with E-state index in [0.29, 0.717) is 19.5 Å². The van der Waals surface area contributed by atoms with Gasteiger partial charge >= 0.3 is 6.18 Å². The van der Waals surface area contributed by atoms with E-state index in [4.69, 9.17) is 5.73 Å². The molecule has 0 bridgehead atoms. The van der Waals surface area contributed by atoms with Gasteiger partial charge in [0.25, 0.3) is 0 Å². The number of nitrogens with two attached hydrogens (primary N) is 1. The van der Waals surface area contributed by atoms with Gasteiger partial charge in [0.05, 0.1) is 0 Å². The van der Waals surface area contributed by atoms with Gasteiger partial charge < -0.3 is 15.4 Å². The van der Waals surface area contributed by atoms with Gasteiger partial charge in [0.15, 0.2) is 0 Å². The van der Waals surface area contributed by atoms with E-state index in [1.165, 1.54) is 4.90 Å². The Balaban J connectivity index is 4.06. The molecule has 0 aliphatic heterocycles. The van der Waals surface area contributed by atoms with Crippen molar-refractivity contribution in [1.82, 2.24) is 4.90 Å². The van der Waals surface area contributed by atoms with Crippen LogP contribution in [-0.2, 0) is 9.53 Å². The average Bonchev–Trinajstić information content (AvgIpc) is 2.15. The molecule has 0 spiro atoms. The number of hydrogen-bond acceptors (Lipinski definition) is 3. The zero-order valence-corrected chi connectivity index (χ0v) is 10.1. The Bertz CT molecular complexity index is 232. The number of carbonyl (C=O) groups is 1. The third kappa shape index (κ3) is 7.98. The molecule has 1 amide bonds. The standard InChI is InChI=1S/C10H19F3N2O2/c1-8(2)15(5-3-4-14)9(16)6-17-7-10(11,12)13/h8H,3-7,14H2,1-2H3. The maximum absolute atomic E-state index is 11.8. The van der Waals surface area contributed by atoms with Gasteiger partial charge in [-0.05, 0) is 26.8 Å². The van der Waals surface area contributed by atoms with Crippen LogP contribution < -0.4 is 5.73 Å². The van der Waals surface area contributed by atoms with Crippen molar-refractivity contribution in [3.63, 3.8) is 0 Å². The van der Waals surface area contributed by atoms with E-state index in [1.54, 1.807) is 13.8 Å². The Labute approximate surface area is 98.9 Å². The molecule has 0 aliphatic rings. The minimum Gasteiger partial charge on any atom is -0.362 e. The van der Waals surface area contributed by atoms with Crippen LogP contribution in [0, 0.1) is 0 Å². The molecule has 0 atom stereocenters. The van der Waals surface area contributed by atoms with E-state index in [9.17, 15) is 18.0 Å². The van der Waals surface area contributed by atoms with Gasteiger partial charge in [-0.25, -0.2) is 0 Å². The Hall–Kier alpha value is -0.820. The van der Waals surface area contributed by atoms with Crippen LogP contribution in [0.25, 0.3) is 0 Å². The molecule has 0 heterocycles. The highest BCUT2D eigenvalue weighted by Gasteiger charge is 2.28. The zero-order valence-electron chi connectivity index (χ0n) is 10.1. The van der Waals surface area contributed by atoms with Gasteiger partial charge in [0, 0.05) is 12.6 Å². The third-order valence-corrected chi connectivity index (χ3v) is 2.04. The van der Waals surface area contributed by atoms with Crippen LogP contribution in [0.15, 0.2) is 0 Å². The molecule has 0 aliphatic carbocycles. The molecule has 0 saturated heterocycles. The number of alkyl halides is 3. The maximum Gasteiger partial charge on any atom is 0.411 e. The lowest BCUT2D eigenvalue weighted by Gasteiger charge is -2.26. The quantitative estimate of drug-likeness (QED) is 0.743. The van der Waals surface area contributed by atoms with Crippen molar-refractivity contribution in [2.45, 2.75) is 32.5 Å². The van der Waals surface area contributed by atoms with Crippen LogP contribution in [0.1, 0.15) is 20.3 Å². The van der Waals surface area contributed by atoms with Gasteiger partial charge in [0.2, 0.25) is 5.91 Å². The van der Waals surface area contributed by atoms with E-state index in [0.717, 1.165) is 0 Å². The van der Waals surface area contributed by atoms with Crippen LogP contribution in [-0.4, -0.2) is 49.3 Å². The number of amides is 1. The molecule has 0 unspecified atom stereocenters. The van der Waals surface area contributed by atoms with Gasteiger partial charge in [-0.3, -0.25) is 4.79 Å². The summed E-state index contributed by atoms with van der Waals surface area (Å²) in [5.74, 6) is -0.447. The SMILES string of the molecule is CC(C)N(CCCN)C(=O)COCC(F)(F)F. The second-order valence-electron chi connectivity index (χ2n) is 3.93. The van der Waals surface area contributed by atoms with E-state index >= 15 is 0 Å². The summed E-state index contributed by atoms with van der Waals surface area (Å²) >= 11 is 0. The largest absolute Gasteiger partial charge is 0.411 e. The van der Waals surface area contributed by atoms with E-state index < -0.39 is 25.3 Å². The number of rotatable bonds is 7. The van der Waals surface area contributed by atoms with Crippen molar-refractivity contribution in [3.8, 4) is 0 Å². The molecule has 0 rings (SSSR count). The Morgan fingerprint density at radius 3 is 2.41 bits per heavy atom. The van der Waals surface area contributed by atoms with Crippen LogP contribution in [0.5, 0.6) is 0 Å². The molecule has 2 N–H and O–H groups in total. The minimum absolute atomic E-state index is 0.0801. The van der Waals surface area contributed by atoms with Crippen molar-refractivity contribution in [2.75, 3.05) is 26.3 Å². The van der Waals surface area contributed by atoms with Crippen molar-refractivity contribution < 1.29 is 22.7 Å². The summed E-state index contributed by atoms with van der Waals surface area (Å²) in [6.07, 6.45) is -3.79. The third-order valence-electron chi connectivity index (χ3n) is 2.04. The average molecular weight is 256 g/mol. The normalized spacial score (nSPS) is 11.9. The lowest BCUT2D eigenvalue weighted by molar-refractivity contribution is -0.178. The summed E-state index contributed by atoms with van der Waals surface area (Å²) in [7, 11) is 0. The van der Waals surface area contributed by atoms with E-state index in [1.807, 2.05) is 0 Å². The fourth-order valence-electron chi connectivity index (χ4n) is 1.27. The molecule has 4 nitrogen and oxygen atoms in total. The summed E-state index contributed by atoms with van der Waals surface area (Å²) in [5.41, 5.74) is 5.32. The first kappa shape index (κ1) is 16.2. The van der Waals surface area contributed by atoms with Crippen molar-refractivity contribution in [3.05, 3.63) is 0 Å². The van der Waals surface area contributed by atoms with Crippen molar-refractivity contribution >= 4 is 5.91 Å². The molecular formula is C10H19F3N2O2. The smallest absolute Gasteiger partial charge is 0.362 e. The number of halogens is 3. The first-order valence-electron chi connectivity index (χ1n) is 5.42. The summed E-state index contributed by atoms with van der Waals surface area (Å²) in [5, 5.41) is 0. The second kappa shape index (κ2) is 7.50. The fourth-order valence-corrected chi connectivity index (χ4v) is 1.27. The highest BCUT2D eigenvalue weighted by Crippen LogP contribution is 2.14. The molecule has 0 radical (unpaired) electrons. The predicted octanol–water partition coefficient (Wildman–Crippen LogP) is 1.15. The fraction of sp³-hybridized carbons (Fsp3) is 0.900. The number of nitrogens with zero attached hydrogens (tertiary/aromatic N) is 1. The summed E-state index contributed by atoms with van der Waals surface area (Å²) in [6, 6.07) is -0.0801. The number of carbonyl (C=O) groups excluding carboxylic acids is 1. The predicted molar refractivity (Wildman–Crippen MR) is 57.4 cm³/mol. The molecular weight excluding hydrogens is 237 g/mol. The van der Waals surface area contributed by atoms with Gasteiger partial charge in [-0.2, -0.15) is 13.2 Å². The molecule has 7 heteroatoms. The second-order valence-corrected chi connectivity index (χ2v) is 3.93. The van der Waals surface area contributed by atoms with Crippen LogP contribution in [0.2, 0.25) is 0 Å². The Morgan fingerprint density at radius 2 is 2.00 bits per heavy atom. The summed E-state index contributed by atoms with van der Waals surface area (Å²) in [4.78, 5) is 13.0. The van der Waals surface area contributed by atoms with Crippen LogP contribution >= 0.6 is 0 Å². The monoisotopic (exact) mass is 256 g/mol. The van der Waals surface area contributed by atoms with Crippen LogP contribution in [0.4, 0.5) is 13.2 Å². The number of ether oxygens (including phenoxy) is 1. The maximum atomic E-state index is 11.8. The molecule has 0 aromatic carbocycles. The Kier molecular flexibility index (Phi) is 7.13. The first-order chi connectivity index (χ1) is 7.78. The highest BCUT2D eigenvalue weighted by molar-refractivity contribution is 5.77. The summed E-state index contributed by atoms with van der Waals surface area (Å²) in [6.45, 7) is 2.49. The molecule has 0 fully saturated rings.